The summed E-state index contributed by atoms with van der Waals surface area (Å²) < 4.78 is 63.2. The number of hydrogen-bond acceptors (Lipinski definition) is 17. The quantitative estimate of drug-likeness (QED) is 0.0278. The van der Waals surface area contributed by atoms with E-state index in [-0.39, 0.29) is 85.3 Å². The van der Waals surface area contributed by atoms with E-state index < -0.39 is 49.4 Å². The molecule has 292 valence electrons. The predicted octanol–water partition coefficient (Wildman–Crippen LogP) is 3.30. The second-order valence-electron chi connectivity index (χ2n) is 10.5. The molecule has 19 heteroatoms. The van der Waals surface area contributed by atoms with Crippen LogP contribution < -0.4 is 0 Å². The molecule has 0 aliphatic carbocycles. The van der Waals surface area contributed by atoms with Crippen molar-refractivity contribution in [3.63, 3.8) is 0 Å². The molecule has 0 saturated carbocycles. The summed E-state index contributed by atoms with van der Waals surface area (Å²) in [7, 11) is -4.08. The zero-order valence-electron chi connectivity index (χ0n) is 29.1. The summed E-state index contributed by atoms with van der Waals surface area (Å²) in [5, 5.41) is 0. The molecule has 1 fully saturated rings. The highest BCUT2D eigenvalue weighted by Gasteiger charge is 2.42. The Morgan fingerprint density at radius 2 is 1.00 bits per heavy atom. The van der Waals surface area contributed by atoms with Crippen LogP contribution in [-0.2, 0) is 102 Å². The zero-order chi connectivity index (χ0) is 37.3. The monoisotopic (exact) mass is 783 g/mol. The maximum absolute atomic E-state index is 12.4. The van der Waals surface area contributed by atoms with Gasteiger partial charge in [0.05, 0.1) is 38.4 Å². The summed E-state index contributed by atoms with van der Waals surface area (Å²) in [6.45, 7) is 21.8. The molecule has 0 bridgehead atoms. The third-order valence-electron chi connectivity index (χ3n) is 6.14. The minimum absolute atomic E-state index is 0. The van der Waals surface area contributed by atoms with Gasteiger partial charge in [-0.2, -0.15) is 0 Å². The van der Waals surface area contributed by atoms with E-state index in [9.17, 15) is 28.5 Å². The van der Waals surface area contributed by atoms with Gasteiger partial charge in [0.25, 0.3) is 0 Å². The van der Waals surface area contributed by atoms with E-state index in [0.717, 1.165) is 36.8 Å². The Kier molecular flexibility index (Phi) is 29.0. The van der Waals surface area contributed by atoms with Crippen molar-refractivity contribution in [3.05, 3.63) is 63.3 Å². The standard InChI is InChI=1S/C17H26O6.C15H21O10P.H2S.S/c1-6-13(18)20-9-16(4,5)15-22-11-17(8-3,12-23-15)10-21-14(19)7-2;1-4-13(16)20-7-10-23-26(19,24-11-8-21-14(17)5-2)25-12-9-22-15(18)6-3;;/h6-7,15H,1-2,8-12H2,3-5H3;4-6H,1-3,7-12H2;1H2;/q;;;-2/p-1. The van der Waals surface area contributed by atoms with Crippen LogP contribution in [0.5, 0.6) is 0 Å². The summed E-state index contributed by atoms with van der Waals surface area (Å²) in [4.78, 5) is 55.1. The third kappa shape index (κ3) is 23.1. The Morgan fingerprint density at radius 3 is 1.33 bits per heavy atom. The van der Waals surface area contributed by atoms with E-state index in [1.165, 1.54) is 0 Å². The Bertz CT molecular complexity index is 1120. The molecule has 1 aliphatic heterocycles. The Labute approximate surface area is 312 Å². The first kappa shape index (κ1) is 52.1. The van der Waals surface area contributed by atoms with Gasteiger partial charge in [-0.3, -0.25) is 13.6 Å². The van der Waals surface area contributed by atoms with E-state index in [1.807, 2.05) is 20.8 Å². The van der Waals surface area contributed by atoms with Crippen molar-refractivity contribution < 1.29 is 75.3 Å². The molecule has 0 amide bonds. The Hall–Kier alpha value is -3.22. The largest absolute Gasteiger partial charge is 2.00 e. The molecule has 16 nitrogen and oxygen atoms in total. The van der Waals surface area contributed by atoms with Crippen LogP contribution in [0.3, 0.4) is 0 Å². The fraction of sp³-hybridized carbons (Fsp3) is 0.531. The van der Waals surface area contributed by atoms with Crippen molar-refractivity contribution in [2.24, 2.45) is 10.8 Å². The highest BCUT2D eigenvalue weighted by atomic mass is 32.1. The first-order valence-corrected chi connectivity index (χ1v) is 16.3. The van der Waals surface area contributed by atoms with Crippen LogP contribution in [0.2, 0.25) is 0 Å². The summed E-state index contributed by atoms with van der Waals surface area (Å²) in [5.74, 6) is -2.99. The number of hydrogen-bond donors (Lipinski definition) is 0. The fourth-order valence-corrected chi connectivity index (χ4v) is 4.38. The summed E-state index contributed by atoms with van der Waals surface area (Å²) in [5.41, 5.74) is -0.876. The number of carbonyl (C=O) groups is 5. The Balaban J connectivity index is -0.000000874. The van der Waals surface area contributed by atoms with Crippen molar-refractivity contribution in [2.75, 3.05) is 66.1 Å². The fourth-order valence-electron chi connectivity index (χ4n) is 3.27. The SMILES string of the molecule is C=CC(=O)OCC1(CC)COC(C(C)(C)COC(=O)C=C)OC1.C=CC(=O)OCCOP(=O)(OCCOC(=O)C=C)OCCOC(=O)C=C.[S-2].[SH-]. The van der Waals surface area contributed by atoms with Crippen LogP contribution >= 0.6 is 7.82 Å². The summed E-state index contributed by atoms with van der Waals surface area (Å²) >= 11 is 0. The molecule has 0 spiro atoms. The molecule has 0 atom stereocenters. The van der Waals surface area contributed by atoms with Gasteiger partial charge in [-0.05, 0) is 6.42 Å². The van der Waals surface area contributed by atoms with Gasteiger partial charge in [-0.1, -0.05) is 53.7 Å². The van der Waals surface area contributed by atoms with Crippen LogP contribution in [0.15, 0.2) is 63.3 Å². The predicted molar refractivity (Wildman–Crippen MR) is 190 cm³/mol. The van der Waals surface area contributed by atoms with Crippen LogP contribution in [0, 0.1) is 10.8 Å². The smallest absolute Gasteiger partial charge is 0.475 e. The van der Waals surface area contributed by atoms with Crippen molar-refractivity contribution in [2.45, 2.75) is 33.5 Å². The van der Waals surface area contributed by atoms with Gasteiger partial charge in [0.15, 0.2) is 6.29 Å². The lowest BCUT2D eigenvalue weighted by Crippen LogP contribution is -2.50. The molecular formula is C32H48O16PS2-3. The minimum Gasteiger partial charge on any atom is -2.00 e. The topological polar surface area (TPSA) is 195 Å². The first-order valence-electron chi connectivity index (χ1n) is 14.9. The molecule has 1 saturated heterocycles. The van der Waals surface area contributed by atoms with Crippen molar-refractivity contribution in [3.8, 4) is 0 Å². The molecule has 0 radical (unpaired) electrons. The number of phosphoric ester groups is 1. The minimum atomic E-state index is -4.08. The second kappa shape index (κ2) is 28.4. The number of thiol groups is 1. The van der Waals surface area contributed by atoms with Gasteiger partial charge in [-0.25, -0.2) is 28.5 Å². The van der Waals surface area contributed by atoms with E-state index in [0.29, 0.717) is 13.2 Å². The average molecular weight is 784 g/mol. The number of phosphoric acid groups is 1. The number of rotatable bonds is 23. The zero-order valence-corrected chi connectivity index (χ0v) is 31.7. The van der Waals surface area contributed by atoms with E-state index in [4.69, 9.17) is 32.5 Å². The summed E-state index contributed by atoms with van der Waals surface area (Å²) in [6.07, 6.45) is 5.35. The molecule has 0 unspecified atom stereocenters. The normalized spacial score (nSPS) is 16.4. The van der Waals surface area contributed by atoms with E-state index in [1.54, 1.807) is 0 Å². The van der Waals surface area contributed by atoms with Crippen molar-refractivity contribution in [1.29, 1.82) is 0 Å². The van der Waals surface area contributed by atoms with Crippen LogP contribution in [0.1, 0.15) is 27.2 Å². The first-order chi connectivity index (χ1) is 23.1. The lowest BCUT2D eigenvalue weighted by molar-refractivity contribution is -0.280. The van der Waals surface area contributed by atoms with Gasteiger partial charge < -0.3 is 60.1 Å². The third-order valence-corrected chi connectivity index (χ3v) is 7.64. The molecule has 0 aromatic rings. The maximum Gasteiger partial charge on any atom is 0.475 e. The molecule has 0 aromatic heterocycles. The molecule has 1 heterocycles. The number of ether oxygens (including phenoxy) is 7. The van der Waals surface area contributed by atoms with Crippen LogP contribution in [-0.4, -0.2) is 102 Å². The van der Waals surface area contributed by atoms with Crippen molar-refractivity contribution >= 4 is 64.7 Å². The lowest BCUT2D eigenvalue weighted by Gasteiger charge is -2.43. The number of esters is 5. The highest BCUT2D eigenvalue weighted by molar-refractivity contribution is 7.48. The van der Waals surface area contributed by atoms with E-state index >= 15 is 0 Å². The lowest BCUT2D eigenvalue weighted by atomic mass is 9.85. The van der Waals surface area contributed by atoms with Crippen LogP contribution in [0.4, 0.5) is 0 Å². The van der Waals surface area contributed by atoms with Gasteiger partial charge in [0.2, 0.25) is 0 Å². The molecule has 51 heavy (non-hydrogen) atoms. The van der Waals surface area contributed by atoms with Crippen LogP contribution in [0.25, 0.3) is 0 Å². The van der Waals surface area contributed by atoms with Gasteiger partial charge in [0.1, 0.15) is 33.0 Å². The van der Waals surface area contributed by atoms with Crippen molar-refractivity contribution in [1.82, 2.24) is 0 Å². The van der Waals surface area contributed by atoms with Gasteiger partial charge in [0, 0.05) is 35.8 Å². The van der Waals surface area contributed by atoms with Gasteiger partial charge in [-0.15, -0.1) is 0 Å². The molecule has 0 aromatic carbocycles. The highest BCUT2D eigenvalue weighted by Crippen LogP contribution is 2.49. The average Bonchev–Trinajstić information content (AvgIpc) is 3.11. The maximum atomic E-state index is 12.4. The molecule has 1 rings (SSSR count). The second-order valence-corrected chi connectivity index (χ2v) is 12.2. The van der Waals surface area contributed by atoms with Gasteiger partial charge >= 0.3 is 37.7 Å². The van der Waals surface area contributed by atoms with E-state index in [2.05, 4.69) is 47.1 Å². The Morgan fingerprint density at radius 1 is 0.667 bits per heavy atom. The number of carbonyl (C=O) groups excluding carboxylic acids is 5. The summed E-state index contributed by atoms with van der Waals surface area (Å²) in [6, 6.07) is 0. The molecule has 1 aliphatic rings. The molecular weight excluding hydrogens is 735 g/mol. The molecule has 0 N–H and O–H groups in total.